The molecule has 0 unspecified atom stereocenters. The molecule has 0 spiro atoms. The lowest BCUT2D eigenvalue weighted by Gasteiger charge is -2.07. The minimum absolute atomic E-state index is 0.262. The molecule has 1 rings (SSSR count). The van der Waals surface area contributed by atoms with E-state index in [0.29, 0.717) is 18.9 Å². The van der Waals surface area contributed by atoms with E-state index in [-0.39, 0.29) is 5.56 Å². The average molecular weight is 223 g/mol. The molecule has 0 saturated carbocycles. The van der Waals surface area contributed by atoms with Crippen molar-refractivity contribution in [2.24, 2.45) is 5.73 Å². The maximum Gasteiger partial charge on any atom is 0.335 e. The summed E-state index contributed by atoms with van der Waals surface area (Å²) in [7, 11) is 0. The first kappa shape index (κ1) is 12.4. The van der Waals surface area contributed by atoms with Gasteiger partial charge in [0.05, 0.1) is 5.56 Å². The molecule has 1 aromatic heterocycles. The van der Waals surface area contributed by atoms with Gasteiger partial charge in [0.25, 0.3) is 0 Å². The van der Waals surface area contributed by atoms with E-state index in [9.17, 15) is 4.79 Å². The number of rotatable bonds is 6. The molecule has 16 heavy (non-hydrogen) atoms. The van der Waals surface area contributed by atoms with Gasteiger partial charge >= 0.3 is 5.97 Å². The third kappa shape index (κ3) is 3.51. The molecular weight excluding hydrogens is 206 g/mol. The molecule has 0 atom stereocenters. The number of carboxylic acids is 1. The number of aromatic carboxylic acids is 1. The molecule has 4 N–H and O–H groups in total. The summed E-state index contributed by atoms with van der Waals surface area (Å²) in [6.45, 7) is 3.10. The number of hydrogen-bond donors (Lipinski definition) is 3. The number of nitrogens with zero attached hydrogens (tertiary/aromatic N) is 1. The number of nitrogens with two attached hydrogens (primary N) is 1. The van der Waals surface area contributed by atoms with E-state index >= 15 is 0 Å². The topological polar surface area (TPSA) is 88.2 Å². The summed E-state index contributed by atoms with van der Waals surface area (Å²) in [4.78, 5) is 15.2. The predicted molar refractivity (Wildman–Crippen MR) is 62.7 cm³/mol. The summed E-state index contributed by atoms with van der Waals surface area (Å²) in [6, 6.07) is 3.14. The van der Waals surface area contributed by atoms with Crippen molar-refractivity contribution in [2.45, 2.75) is 19.8 Å². The lowest BCUT2D eigenvalue weighted by atomic mass is 10.1. The Balaban J connectivity index is 2.93. The Labute approximate surface area is 94.7 Å². The number of hydrogen-bond acceptors (Lipinski definition) is 4. The van der Waals surface area contributed by atoms with Gasteiger partial charge in [0, 0.05) is 18.8 Å². The number of aromatic nitrogens is 1. The van der Waals surface area contributed by atoms with Crippen molar-refractivity contribution in [3.8, 4) is 0 Å². The number of anilines is 1. The number of nitrogens with one attached hydrogen (secondary N) is 1. The highest BCUT2D eigenvalue weighted by molar-refractivity contribution is 5.88. The highest BCUT2D eigenvalue weighted by Crippen LogP contribution is 2.12. The van der Waals surface area contributed by atoms with E-state index < -0.39 is 5.97 Å². The summed E-state index contributed by atoms with van der Waals surface area (Å²) >= 11 is 0. The summed E-state index contributed by atoms with van der Waals surface area (Å²) in [5, 5.41) is 11.9. The van der Waals surface area contributed by atoms with Crippen LogP contribution in [0, 0.1) is 0 Å². The van der Waals surface area contributed by atoms with Gasteiger partial charge in [-0.25, -0.2) is 9.78 Å². The van der Waals surface area contributed by atoms with E-state index in [4.69, 9.17) is 10.8 Å². The maximum atomic E-state index is 10.9. The first-order valence-corrected chi connectivity index (χ1v) is 5.35. The first-order chi connectivity index (χ1) is 7.67. The Morgan fingerprint density at radius 1 is 1.56 bits per heavy atom. The van der Waals surface area contributed by atoms with Gasteiger partial charge in [-0.2, -0.15) is 0 Å². The Morgan fingerprint density at radius 3 is 2.88 bits per heavy atom. The highest BCUT2D eigenvalue weighted by Gasteiger charge is 2.07. The zero-order valence-corrected chi connectivity index (χ0v) is 9.36. The molecule has 0 aliphatic rings. The monoisotopic (exact) mass is 223 g/mol. The smallest absolute Gasteiger partial charge is 0.335 e. The molecule has 0 aliphatic carbocycles. The molecule has 0 radical (unpaired) electrons. The molecule has 0 aromatic carbocycles. The second kappa shape index (κ2) is 6.07. The van der Waals surface area contributed by atoms with Crippen LogP contribution in [0.1, 0.15) is 29.4 Å². The minimum Gasteiger partial charge on any atom is -0.478 e. The van der Waals surface area contributed by atoms with Gasteiger partial charge in [-0.1, -0.05) is 13.3 Å². The molecule has 0 bridgehead atoms. The normalized spacial score (nSPS) is 10.1. The molecular formula is C11H17N3O2. The van der Waals surface area contributed by atoms with Crippen LogP contribution >= 0.6 is 0 Å². The van der Waals surface area contributed by atoms with Gasteiger partial charge < -0.3 is 16.2 Å². The number of pyridine rings is 1. The van der Waals surface area contributed by atoms with E-state index in [1.807, 2.05) is 6.92 Å². The van der Waals surface area contributed by atoms with E-state index in [1.165, 1.54) is 6.07 Å². The lowest BCUT2D eigenvalue weighted by Crippen LogP contribution is -2.15. The van der Waals surface area contributed by atoms with Crippen LogP contribution in [-0.4, -0.2) is 29.1 Å². The van der Waals surface area contributed by atoms with Crippen molar-refractivity contribution >= 4 is 11.8 Å². The van der Waals surface area contributed by atoms with Crippen LogP contribution in [0.2, 0.25) is 0 Å². The standard InChI is InChI=1S/C11H17N3O2/c1-2-3-9-6-8(11(15)16)7-10(14-9)13-5-4-12/h6-7H,2-5,12H2,1H3,(H,13,14)(H,15,16). The van der Waals surface area contributed by atoms with Gasteiger partial charge in [-0.3, -0.25) is 0 Å². The fraction of sp³-hybridized carbons (Fsp3) is 0.455. The van der Waals surface area contributed by atoms with Crippen molar-refractivity contribution in [3.05, 3.63) is 23.4 Å². The molecule has 1 aromatic rings. The van der Waals surface area contributed by atoms with Gasteiger partial charge in [0.2, 0.25) is 0 Å². The predicted octanol–water partition coefficient (Wildman–Crippen LogP) is 1.10. The van der Waals surface area contributed by atoms with Gasteiger partial charge in [-0.15, -0.1) is 0 Å². The summed E-state index contributed by atoms with van der Waals surface area (Å²) < 4.78 is 0. The van der Waals surface area contributed by atoms with Crippen molar-refractivity contribution in [1.29, 1.82) is 0 Å². The lowest BCUT2D eigenvalue weighted by molar-refractivity contribution is 0.0696. The third-order valence-corrected chi connectivity index (χ3v) is 2.08. The Morgan fingerprint density at radius 2 is 2.31 bits per heavy atom. The number of aryl methyl sites for hydroxylation is 1. The van der Waals surface area contributed by atoms with Crippen LogP contribution in [0.25, 0.3) is 0 Å². The Hall–Kier alpha value is -1.62. The van der Waals surface area contributed by atoms with Gasteiger partial charge in [0.15, 0.2) is 0 Å². The second-order valence-electron chi connectivity index (χ2n) is 3.50. The third-order valence-electron chi connectivity index (χ3n) is 2.08. The van der Waals surface area contributed by atoms with Crippen molar-refractivity contribution in [3.63, 3.8) is 0 Å². The Kier molecular flexibility index (Phi) is 4.72. The molecule has 0 amide bonds. The molecule has 88 valence electrons. The highest BCUT2D eigenvalue weighted by atomic mass is 16.4. The maximum absolute atomic E-state index is 10.9. The van der Waals surface area contributed by atoms with E-state index in [2.05, 4.69) is 10.3 Å². The van der Waals surface area contributed by atoms with Crippen LogP contribution in [0.5, 0.6) is 0 Å². The fourth-order valence-corrected chi connectivity index (χ4v) is 1.39. The van der Waals surface area contributed by atoms with E-state index in [0.717, 1.165) is 18.5 Å². The van der Waals surface area contributed by atoms with Crippen LogP contribution in [-0.2, 0) is 6.42 Å². The largest absolute Gasteiger partial charge is 0.478 e. The number of carbonyl (C=O) groups is 1. The summed E-state index contributed by atoms with van der Waals surface area (Å²) in [6.07, 6.45) is 1.71. The van der Waals surface area contributed by atoms with Crippen LogP contribution in [0.4, 0.5) is 5.82 Å². The molecule has 0 fully saturated rings. The molecule has 5 nitrogen and oxygen atoms in total. The fourth-order valence-electron chi connectivity index (χ4n) is 1.39. The van der Waals surface area contributed by atoms with Crippen molar-refractivity contribution in [2.75, 3.05) is 18.4 Å². The molecule has 1 heterocycles. The van der Waals surface area contributed by atoms with Gasteiger partial charge in [-0.05, 0) is 18.6 Å². The number of carboxylic acid groups (broad SMARTS) is 1. The summed E-state index contributed by atoms with van der Waals surface area (Å²) in [5.74, 6) is -0.357. The SMILES string of the molecule is CCCc1cc(C(=O)O)cc(NCCN)n1. The average Bonchev–Trinajstić information content (AvgIpc) is 2.26. The van der Waals surface area contributed by atoms with Crippen molar-refractivity contribution in [1.82, 2.24) is 4.98 Å². The van der Waals surface area contributed by atoms with Crippen LogP contribution in [0.15, 0.2) is 12.1 Å². The Bertz CT molecular complexity index is 366. The minimum atomic E-state index is -0.935. The van der Waals surface area contributed by atoms with Crippen LogP contribution < -0.4 is 11.1 Å². The second-order valence-corrected chi connectivity index (χ2v) is 3.50. The first-order valence-electron chi connectivity index (χ1n) is 5.35. The molecule has 0 saturated heterocycles. The summed E-state index contributed by atoms with van der Waals surface area (Å²) in [5.41, 5.74) is 6.42. The van der Waals surface area contributed by atoms with Crippen molar-refractivity contribution < 1.29 is 9.90 Å². The zero-order valence-electron chi connectivity index (χ0n) is 9.36. The zero-order chi connectivity index (χ0) is 12.0. The quantitative estimate of drug-likeness (QED) is 0.672. The molecule has 0 aliphatic heterocycles. The van der Waals surface area contributed by atoms with Gasteiger partial charge in [0.1, 0.15) is 5.82 Å². The molecule has 5 heteroatoms. The van der Waals surface area contributed by atoms with E-state index in [1.54, 1.807) is 6.07 Å². The van der Waals surface area contributed by atoms with Crippen LogP contribution in [0.3, 0.4) is 0 Å².